The van der Waals surface area contributed by atoms with Gasteiger partial charge in [0.2, 0.25) is 0 Å². The van der Waals surface area contributed by atoms with E-state index in [2.05, 4.69) is 16.8 Å². The van der Waals surface area contributed by atoms with E-state index in [0.29, 0.717) is 0 Å². The van der Waals surface area contributed by atoms with Crippen molar-refractivity contribution in [2.24, 2.45) is 0 Å². The van der Waals surface area contributed by atoms with E-state index in [1.54, 1.807) is 0 Å². The Bertz CT molecular complexity index is 193. The topological polar surface area (TPSA) is 15.7 Å². The fourth-order valence-electron chi connectivity index (χ4n) is 2.76. The zero-order chi connectivity index (χ0) is 8.13. The number of nitrogens with zero attached hydrogens (tertiary/aromatic N) is 2. The van der Waals surface area contributed by atoms with Crippen LogP contribution in [0.5, 0.6) is 0 Å². The van der Waals surface area contributed by atoms with E-state index in [0.717, 1.165) is 31.3 Å². The molecule has 0 spiro atoms. The van der Waals surface area contributed by atoms with Gasteiger partial charge in [0, 0.05) is 25.2 Å². The zero-order valence-electron chi connectivity index (χ0n) is 7.57. The highest BCUT2D eigenvalue weighted by atomic mass is 16.5. The number of hydrogen-bond acceptors (Lipinski definition) is 3. The number of likely N-dealkylation sites (tertiary alicyclic amines) is 2. The molecule has 3 fully saturated rings. The van der Waals surface area contributed by atoms with Crippen LogP contribution in [0, 0.1) is 0 Å². The van der Waals surface area contributed by atoms with E-state index >= 15 is 0 Å². The third kappa shape index (κ3) is 0.817. The van der Waals surface area contributed by atoms with Crippen LogP contribution >= 0.6 is 0 Å². The summed E-state index contributed by atoms with van der Waals surface area (Å²) >= 11 is 0. The lowest BCUT2D eigenvalue weighted by molar-refractivity contribution is -0.0905. The van der Waals surface area contributed by atoms with Crippen LogP contribution in [0.3, 0.4) is 0 Å². The summed E-state index contributed by atoms with van der Waals surface area (Å²) in [5.74, 6) is 0. The van der Waals surface area contributed by atoms with Gasteiger partial charge in [0.1, 0.15) is 0 Å². The predicted octanol–water partition coefficient (Wildman–Crippen LogP) is -0.227. The average molecular weight is 168 g/mol. The first-order valence-corrected chi connectivity index (χ1v) is 4.90. The molecule has 0 aliphatic carbocycles. The number of ether oxygens (including phenoxy) is 1. The van der Waals surface area contributed by atoms with Crippen LogP contribution < -0.4 is 0 Å². The van der Waals surface area contributed by atoms with Crippen molar-refractivity contribution >= 4 is 0 Å². The second-order valence-electron chi connectivity index (χ2n) is 4.29. The molecule has 3 nitrogen and oxygen atoms in total. The monoisotopic (exact) mass is 168 g/mol. The standard InChI is InChI=1S/C9H16N2O/c1-10-4-9-8(10)2-3-11(9)7-5-12-6-7/h7-9H,2-6H2,1H3. The summed E-state index contributed by atoms with van der Waals surface area (Å²) in [7, 11) is 2.24. The molecule has 0 aromatic rings. The number of rotatable bonds is 1. The van der Waals surface area contributed by atoms with Crippen molar-refractivity contribution in [1.29, 1.82) is 0 Å². The fourth-order valence-corrected chi connectivity index (χ4v) is 2.76. The second kappa shape index (κ2) is 2.44. The summed E-state index contributed by atoms with van der Waals surface area (Å²) < 4.78 is 5.23. The van der Waals surface area contributed by atoms with E-state index in [4.69, 9.17) is 4.74 Å². The van der Waals surface area contributed by atoms with Gasteiger partial charge in [-0.25, -0.2) is 0 Å². The average Bonchev–Trinajstić information content (AvgIpc) is 2.24. The molecule has 0 saturated carbocycles. The van der Waals surface area contributed by atoms with Crippen molar-refractivity contribution in [2.75, 3.05) is 33.4 Å². The minimum Gasteiger partial charge on any atom is -0.378 e. The van der Waals surface area contributed by atoms with Crippen LogP contribution in [0.4, 0.5) is 0 Å². The second-order valence-corrected chi connectivity index (χ2v) is 4.29. The normalized spacial score (nSPS) is 43.8. The number of fused-ring (bicyclic) bond motifs is 1. The highest BCUT2D eigenvalue weighted by molar-refractivity contribution is 5.04. The van der Waals surface area contributed by atoms with Gasteiger partial charge in [-0.3, -0.25) is 4.90 Å². The van der Waals surface area contributed by atoms with Gasteiger partial charge in [-0.15, -0.1) is 0 Å². The molecule has 12 heavy (non-hydrogen) atoms. The molecule has 0 radical (unpaired) electrons. The van der Waals surface area contributed by atoms with E-state index in [1.807, 2.05) is 0 Å². The zero-order valence-corrected chi connectivity index (χ0v) is 7.57. The lowest BCUT2D eigenvalue weighted by atomic mass is 9.97. The molecule has 3 saturated heterocycles. The van der Waals surface area contributed by atoms with Crippen LogP contribution in [0.25, 0.3) is 0 Å². The Hall–Kier alpha value is -0.120. The van der Waals surface area contributed by atoms with E-state index < -0.39 is 0 Å². The number of hydrogen-bond donors (Lipinski definition) is 0. The SMILES string of the molecule is CN1CC2C1CCN2C1COC1. The molecular weight excluding hydrogens is 152 g/mol. The molecule has 3 aliphatic rings. The molecule has 2 unspecified atom stereocenters. The number of likely N-dealkylation sites (N-methyl/N-ethyl adjacent to an activating group) is 1. The molecule has 0 bridgehead atoms. The van der Waals surface area contributed by atoms with E-state index in [9.17, 15) is 0 Å². The van der Waals surface area contributed by atoms with Crippen LogP contribution in [-0.4, -0.2) is 61.3 Å². The van der Waals surface area contributed by atoms with E-state index in [-0.39, 0.29) is 0 Å². The summed E-state index contributed by atoms with van der Waals surface area (Å²) in [6.07, 6.45) is 1.37. The first kappa shape index (κ1) is 7.30. The van der Waals surface area contributed by atoms with Crippen molar-refractivity contribution in [2.45, 2.75) is 24.5 Å². The summed E-state index contributed by atoms with van der Waals surface area (Å²) in [6.45, 7) is 4.54. The highest BCUT2D eigenvalue weighted by Gasteiger charge is 2.48. The minimum absolute atomic E-state index is 0.758. The Kier molecular flexibility index (Phi) is 1.48. The fraction of sp³-hybridized carbons (Fsp3) is 1.00. The van der Waals surface area contributed by atoms with Crippen LogP contribution in [0.2, 0.25) is 0 Å². The molecule has 2 atom stereocenters. The lowest BCUT2D eigenvalue weighted by Gasteiger charge is -2.48. The van der Waals surface area contributed by atoms with Crippen LogP contribution in [0.1, 0.15) is 6.42 Å². The Balaban J connectivity index is 1.67. The highest BCUT2D eigenvalue weighted by Crippen LogP contribution is 2.33. The summed E-state index contributed by atoms with van der Waals surface area (Å²) in [5, 5.41) is 0. The lowest BCUT2D eigenvalue weighted by Crippen LogP contribution is -2.64. The first-order valence-electron chi connectivity index (χ1n) is 4.90. The van der Waals surface area contributed by atoms with Gasteiger partial charge in [0.05, 0.1) is 19.3 Å². The van der Waals surface area contributed by atoms with E-state index in [1.165, 1.54) is 19.5 Å². The van der Waals surface area contributed by atoms with Crippen molar-refractivity contribution in [3.8, 4) is 0 Å². The van der Waals surface area contributed by atoms with Gasteiger partial charge >= 0.3 is 0 Å². The molecule has 3 aliphatic heterocycles. The minimum atomic E-state index is 0.758. The molecule has 68 valence electrons. The molecule has 0 N–H and O–H groups in total. The third-order valence-corrected chi connectivity index (χ3v) is 3.68. The molecule has 0 aromatic heterocycles. The van der Waals surface area contributed by atoms with Crippen molar-refractivity contribution < 1.29 is 4.74 Å². The predicted molar refractivity (Wildman–Crippen MR) is 46.1 cm³/mol. The molecule has 0 aromatic carbocycles. The van der Waals surface area contributed by atoms with Crippen LogP contribution in [0.15, 0.2) is 0 Å². The molecule has 3 rings (SSSR count). The maximum absolute atomic E-state index is 5.23. The van der Waals surface area contributed by atoms with Gasteiger partial charge < -0.3 is 9.64 Å². The smallest absolute Gasteiger partial charge is 0.0645 e. The largest absolute Gasteiger partial charge is 0.378 e. The van der Waals surface area contributed by atoms with Gasteiger partial charge in [-0.1, -0.05) is 0 Å². The summed E-state index contributed by atoms with van der Waals surface area (Å²) in [5.41, 5.74) is 0. The van der Waals surface area contributed by atoms with Crippen molar-refractivity contribution in [3.05, 3.63) is 0 Å². The third-order valence-electron chi connectivity index (χ3n) is 3.68. The van der Waals surface area contributed by atoms with Crippen molar-refractivity contribution in [3.63, 3.8) is 0 Å². The van der Waals surface area contributed by atoms with Gasteiger partial charge in [0.15, 0.2) is 0 Å². The quantitative estimate of drug-likeness (QED) is 0.538. The molecule has 3 heteroatoms. The Morgan fingerprint density at radius 1 is 1.25 bits per heavy atom. The Morgan fingerprint density at radius 2 is 2.08 bits per heavy atom. The van der Waals surface area contributed by atoms with Gasteiger partial charge in [0.25, 0.3) is 0 Å². The first-order chi connectivity index (χ1) is 5.86. The van der Waals surface area contributed by atoms with Crippen molar-refractivity contribution in [1.82, 2.24) is 9.80 Å². The molecule has 3 heterocycles. The van der Waals surface area contributed by atoms with Gasteiger partial charge in [-0.2, -0.15) is 0 Å². The Morgan fingerprint density at radius 3 is 2.58 bits per heavy atom. The maximum Gasteiger partial charge on any atom is 0.0645 e. The van der Waals surface area contributed by atoms with Gasteiger partial charge in [-0.05, 0) is 13.5 Å². The Labute approximate surface area is 73.3 Å². The summed E-state index contributed by atoms with van der Waals surface area (Å²) in [4.78, 5) is 5.14. The maximum atomic E-state index is 5.23. The van der Waals surface area contributed by atoms with Crippen LogP contribution in [-0.2, 0) is 4.74 Å². The molecule has 0 amide bonds. The summed E-state index contributed by atoms with van der Waals surface area (Å²) in [6, 6.07) is 2.49. The molecular formula is C9H16N2O.